The third-order valence-corrected chi connectivity index (χ3v) is 9.86. The van der Waals surface area contributed by atoms with E-state index in [1.54, 1.807) is 24.3 Å². The summed E-state index contributed by atoms with van der Waals surface area (Å²) in [6, 6.07) is 29.9. The van der Waals surface area contributed by atoms with Crippen molar-refractivity contribution < 1.29 is 29.0 Å². The molecule has 0 saturated carbocycles. The highest BCUT2D eigenvalue weighted by molar-refractivity contribution is 7.22. The van der Waals surface area contributed by atoms with Crippen LogP contribution in [0.3, 0.4) is 0 Å². The largest absolute Gasteiger partial charge is 0.481 e. The van der Waals surface area contributed by atoms with Gasteiger partial charge in [0.15, 0.2) is 10.8 Å². The van der Waals surface area contributed by atoms with Crippen molar-refractivity contribution >= 4 is 50.3 Å². The maximum atomic E-state index is 13.8. The van der Waals surface area contributed by atoms with Crippen molar-refractivity contribution in [3.63, 3.8) is 0 Å². The lowest BCUT2D eigenvalue weighted by Gasteiger charge is -2.31. The maximum absolute atomic E-state index is 13.8. The number of ether oxygens (including phenoxy) is 2. The molecule has 0 bridgehead atoms. The molecule has 1 aliphatic rings. The van der Waals surface area contributed by atoms with Crippen LogP contribution in [0, 0.1) is 6.92 Å². The molecule has 2 aromatic heterocycles. The molecule has 0 radical (unpaired) electrons. The number of carboxylic acids is 1. The fraction of sp³-hybridized carbons (Fsp3) is 0.214. The second-order valence-corrected chi connectivity index (χ2v) is 14.9. The van der Waals surface area contributed by atoms with Crippen LogP contribution in [0.4, 0.5) is 10.9 Å². The van der Waals surface area contributed by atoms with E-state index >= 15 is 0 Å². The SMILES string of the molecule is Cc1c(Oc2ccc(CC(=O)O)cc2)cccc1-c1ccc(N2CCc3cccc(C(=O)Nc4nc5ccccc5s4)c3C2)nc1C(=O)OC(C)(C)C. The number of amides is 1. The summed E-state index contributed by atoms with van der Waals surface area (Å²) in [6.45, 7) is 8.43. The molecule has 0 saturated heterocycles. The van der Waals surface area contributed by atoms with Gasteiger partial charge in [0.25, 0.3) is 5.91 Å². The highest BCUT2D eigenvalue weighted by Gasteiger charge is 2.28. The van der Waals surface area contributed by atoms with Gasteiger partial charge in [-0.15, -0.1) is 0 Å². The second-order valence-electron chi connectivity index (χ2n) is 13.9. The van der Waals surface area contributed by atoms with Crippen LogP contribution < -0.4 is 15.0 Å². The van der Waals surface area contributed by atoms with Crippen LogP contribution in [0.15, 0.2) is 97.1 Å². The van der Waals surface area contributed by atoms with Gasteiger partial charge in [-0.3, -0.25) is 14.9 Å². The number of nitrogens with zero attached hydrogens (tertiary/aromatic N) is 3. The molecule has 6 aromatic rings. The number of thiazole rings is 1. The van der Waals surface area contributed by atoms with Gasteiger partial charge < -0.3 is 19.5 Å². The molecule has 0 atom stereocenters. The van der Waals surface area contributed by atoms with Crippen molar-refractivity contribution in [1.82, 2.24) is 9.97 Å². The first-order chi connectivity index (χ1) is 25.4. The van der Waals surface area contributed by atoms with Crippen LogP contribution in [0.25, 0.3) is 21.3 Å². The summed E-state index contributed by atoms with van der Waals surface area (Å²) in [6.07, 6.45) is 0.620. The zero-order valence-electron chi connectivity index (χ0n) is 29.8. The molecule has 0 unspecified atom stereocenters. The Hall–Kier alpha value is -6.07. The number of carbonyl (C=O) groups excluding carboxylic acids is 2. The molecule has 0 fully saturated rings. The van der Waals surface area contributed by atoms with Crippen molar-refractivity contribution in [2.24, 2.45) is 0 Å². The number of hydrogen-bond acceptors (Lipinski definition) is 9. The van der Waals surface area contributed by atoms with Crippen LogP contribution in [0.2, 0.25) is 0 Å². The molecule has 3 heterocycles. The Labute approximate surface area is 311 Å². The number of para-hydroxylation sites is 1. The summed E-state index contributed by atoms with van der Waals surface area (Å²) in [4.78, 5) is 50.2. The molecule has 11 heteroatoms. The van der Waals surface area contributed by atoms with E-state index < -0.39 is 17.5 Å². The lowest BCUT2D eigenvalue weighted by atomic mass is 9.94. The van der Waals surface area contributed by atoms with Crippen molar-refractivity contribution in [1.29, 1.82) is 0 Å². The van der Waals surface area contributed by atoms with Gasteiger partial charge in [-0.2, -0.15) is 0 Å². The first-order valence-corrected chi connectivity index (χ1v) is 18.1. The first-order valence-electron chi connectivity index (χ1n) is 17.3. The van der Waals surface area contributed by atoms with E-state index in [4.69, 9.17) is 19.6 Å². The minimum absolute atomic E-state index is 0.0727. The highest BCUT2D eigenvalue weighted by atomic mass is 32.1. The number of aromatic nitrogens is 2. The van der Waals surface area contributed by atoms with Gasteiger partial charge in [0.05, 0.1) is 16.6 Å². The number of nitrogens with one attached hydrogen (secondary N) is 1. The quantitative estimate of drug-likeness (QED) is 0.140. The first kappa shape index (κ1) is 35.3. The summed E-state index contributed by atoms with van der Waals surface area (Å²) in [5.74, 6) is 0.0435. The average Bonchev–Trinajstić information content (AvgIpc) is 3.54. The molecule has 7 rings (SSSR count). The topological polar surface area (TPSA) is 131 Å². The molecule has 0 spiro atoms. The summed E-state index contributed by atoms with van der Waals surface area (Å²) in [5.41, 5.74) is 5.62. The molecule has 2 N–H and O–H groups in total. The van der Waals surface area contributed by atoms with Crippen molar-refractivity contribution in [2.45, 2.75) is 52.7 Å². The van der Waals surface area contributed by atoms with E-state index in [9.17, 15) is 14.4 Å². The Kier molecular flexibility index (Phi) is 9.68. The zero-order valence-corrected chi connectivity index (χ0v) is 30.6. The summed E-state index contributed by atoms with van der Waals surface area (Å²) >= 11 is 1.43. The van der Waals surface area contributed by atoms with Crippen LogP contribution in [-0.2, 0) is 28.9 Å². The lowest BCUT2D eigenvalue weighted by molar-refractivity contribution is -0.136. The van der Waals surface area contributed by atoms with Crippen LogP contribution in [0.1, 0.15) is 63.9 Å². The third kappa shape index (κ3) is 7.90. The number of carboxylic acid groups (broad SMARTS) is 1. The Morgan fingerprint density at radius 3 is 2.42 bits per heavy atom. The highest BCUT2D eigenvalue weighted by Crippen LogP contribution is 2.37. The van der Waals surface area contributed by atoms with Crippen molar-refractivity contribution in [3.8, 4) is 22.6 Å². The van der Waals surface area contributed by atoms with Gasteiger partial charge in [0, 0.05) is 24.2 Å². The summed E-state index contributed by atoms with van der Waals surface area (Å²) in [7, 11) is 0. The smallest absolute Gasteiger partial charge is 0.358 e. The molecular weight excluding hydrogens is 689 g/mol. The van der Waals surface area contributed by atoms with E-state index in [-0.39, 0.29) is 18.0 Å². The molecule has 4 aromatic carbocycles. The van der Waals surface area contributed by atoms with Gasteiger partial charge in [-0.05, 0) is 110 Å². The summed E-state index contributed by atoms with van der Waals surface area (Å²) < 4.78 is 13.1. The number of fused-ring (bicyclic) bond motifs is 2. The number of anilines is 2. The zero-order chi connectivity index (χ0) is 37.3. The number of aliphatic carboxylic acids is 1. The van der Waals surface area contributed by atoms with Crippen LogP contribution in [0.5, 0.6) is 11.5 Å². The fourth-order valence-electron chi connectivity index (χ4n) is 6.40. The molecule has 1 amide bonds. The van der Waals surface area contributed by atoms with E-state index in [1.165, 1.54) is 11.3 Å². The molecule has 53 heavy (non-hydrogen) atoms. The van der Waals surface area contributed by atoms with E-state index in [0.29, 0.717) is 58.6 Å². The van der Waals surface area contributed by atoms with Gasteiger partial charge in [-0.1, -0.05) is 59.9 Å². The Bertz CT molecular complexity index is 2330. The van der Waals surface area contributed by atoms with Crippen molar-refractivity contribution in [2.75, 3.05) is 16.8 Å². The summed E-state index contributed by atoms with van der Waals surface area (Å²) in [5, 5.41) is 12.6. The number of hydrogen-bond donors (Lipinski definition) is 2. The third-order valence-electron chi connectivity index (χ3n) is 8.91. The van der Waals surface area contributed by atoms with Gasteiger partial charge in [0.2, 0.25) is 0 Å². The average molecular weight is 727 g/mol. The number of carbonyl (C=O) groups is 3. The number of esters is 1. The molecule has 0 aliphatic carbocycles. The number of rotatable bonds is 9. The number of benzene rings is 4. The number of pyridine rings is 1. The maximum Gasteiger partial charge on any atom is 0.358 e. The normalized spacial score (nSPS) is 12.6. The van der Waals surface area contributed by atoms with E-state index in [2.05, 4.69) is 15.2 Å². The second kappa shape index (κ2) is 14.5. The van der Waals surface area contributed by atoms with Crippen LogP contribution in [-0.4, -0.2) is 45.1 Å². The lowest BCUT2D eigenvalue weighted by Crippen LogP contribution is -2.33. The molecule has 10 nitrogen and oxygen atoms in total. The van der Waals surface area contributed by atoms with Gasteiger partial charge in [0.1, 0.15) is 22.9 Å². The van der Waals surface area contributed by atoms with Crippen molar-refractivity contribution in [3.05, 3.63) is 131 Å². The Balaban J connectivity index is 1.18. The minimum Gasteiger partial charge on any atom is -0.481 e. The predicted octanol–water partition coefficient (Wildman–Crippen LogP) is 8.86. The standard InChI is InChI=1S/C42H38N4O6S/c1-25-29(10-8-13-34(25)51-28-17-15-26(16-18-28)23-37(47)48)30-19-20-36(44-38(30)40(50)52-42(2,3)4)46-22-21-27-9-7-11-31(32(27)24-46)39(49)45-41-43-33-12-5-6-14-35(33)53-41/h5-20H,21-24H2,1-4H3,(H,47,48)(H,43,45,49). The molecular formula is C42H38N4O6S. The fourth-order valence-corrected chi connectivity index (χ4v) is 7.26. The van der Waals surface area contributed by atoms with Gasteiger partial charge >= 0.3 is 11.9 Å². The Morgan fingerprint density at radius 2 is 1.66 bits per heavy atom. The monoisotopic (exact) mass is 726 g/mol. The minimum atomic E-state index is -0.901. The van der Waals surface area contributed by atoms with E-state index in [1.807, 2.05) is 100 Å². The predicted molar refractivity (Wildman–Crippen MR) is 206 cm³/mol. The Morgan fingerprint density at radius 1 is 0.887 bits per heavy atom. The van der Waals surface area contributed by atoms with Gasteiger partial charge in [-0.25, -0.2) is 14.8 Å². The molecule has 1 aliphatic heterocycles. The molecule has 268 valence electrons. The van der Waals surface area contributed by atoms with Crippen LogP contribution >= 0.6 is 11.3 Å². The van der Waals surface area contributed by atoms with E-state index in [0.717, 1.165) is 32.5 Å².